The van der Waals surface area contributed by atoms with Crippen LogP contribution in [0.2, 0.25) is 0 Å². The molecule has 2 aromatic carbocycles. The number of benzene rings is 2. The van der Waals surface area contributed by atoms with E-state index in [1.807, 2.05) is 0 Å². The van der Waals surface area contributed by atoms with Gasteiger partial charge in [-0.3, -0.25) is 0 Å². The van der Waals surface area contributed by atoms with E-state index in [0.717, 1.165) is 24.3 Å². The van der Waals surface area contributed by atoms with Gasteiger partial charge in [-0.2, -0.15) is 0 Å². The number of aromatic carboxylic acids is 4. The number of esters is 2. The first-order chi connectivity index (χ1) is 16.3. The molecule has 7 N–H and O–H groups in total. The van der Waals surface area contributed by atoms with Crippen molar-refractivity contribution in [1.82, 2.24) is 0 Å². The molecule has 14 nitrogen and oxygen atoms in total. The van der Waals surface area contributed by atoms with Crippen molar-refractivity contribution in [2.45, 2.75) is 6.10 Å². The van der Waals surface area contributed by atoms with Crippen molar-refractivity contribution in [1.29, 1.82) is 0 Å². The van der Waals surface area contributed by atoms with Crippen LogP contribution < -0.4 is 0 Å². The predicted molar refractivity (Wildman–Crippen MR) is 111 cm³/mol. The van der Waals surface area contributed by atoms with Gasteiger partial charge in [0.1, 0.15) is 6.10 Å². The minimum absolute atomic E-state index is 0.365. The molecule has 0 radical (unpaired) electrons. The molecule has 0 aliphatic rings. The van der Waals surface area contributed by atoms with Gasteiger partial charge in [0.15, 0.2) is 0 Å². The van der Waals surface area contributed by atoms with E-state index in [4.69, 9.17) is 35.7 Å². The number of carboxylic acids is 4. The number of carbonyl (C=O) groups excluding carboxylic acids is 2. The molecule has 0 saturated carbocycles. The fourth-order valence-corrected chi connectivity index (χ4v) is 2.32. The number of carboxylic acid groups (broad SMARTS) is 4. The minimum atomic E-state index is -1.66. The summed E-state index contributed by atoms with van der Waals surface area (Å²) < 4.78 is 4.51. The van der Waals surface area contributed by atoms with E-state index in [-0.39, 0.29) is 13.2 Å². The van der Waals surface area contributed by atoms with Gasteiger partial charge in [0.05, 0.1) is 46.6 Å². The highest BCUT2D eigenvalue weighted by Crippen LogP contribution is 2.18. The zero-order valence-corrected chi connectivity index (χ0v) is 17.4. The Morgan fingerprint density at radius 1 is 0.600 bits per heavy atom. The maximum absolute atomic E-state index is 12.2. The van der Waals surface area contributed by atoms with Crippen LogP contribution in [0.5, 0.6) is 0 Å². The normalized spacial score (nSPS) is 10.1. The number of hydrogen-bond acceptors (Lipinski definition) is 10. The van der Waals surface area contributed by atoms with Crippen molar-refractivity contribution < 1.29 is 69.2 Å². The summed E-state index contributed by atoms with van der Waals surface area (Å²) >= 11 is 0. The van der Waals surface area contributed by atoms with E-state index in [1.54, 1.807) is 0 Å². The van der Waals surface area contributed by atoms with Crippen LogP contribution in [0.15, 0.2) is 36.4 Å². The molecular formula is C21H18O14. The maximum atomic E-state index is 12.2. The van der Waals surface area contributed by atoms with Gasteiger partial charge in [-0.15, -0.1) is 0 Å². The van der Waals surface area contributed by atoms with Crippen LogP contribution in [0.1, 0.15) is 62.1 Å². The van der Waals surface area contributed by atoms with Crippen LogP contribution in [0.4, 0.5) is 0 Å². The second-order valence-corrected chi connectivity index (χ2v) is 6.44. The molecule has 0 fully saturated rings. The van der Waals surface area contributed by atoms with Crippen LogP contribution in [0.3, 0.4) is 0 Å². The first kappa shape index (κ1) is 28.4. The minimum Gasteiger partial charge on any atom is -0.478 e. The Bertz CT molecular complexity index is 1080. The van der Waals surface area contributed by atoms with Crippen LogP contribution in [-0.2, 0) is 4.74 Å². The summed E-state index contributed by atoms with van der Waals surface area (Å²) in [5.74, 6) is -9.17. The third-order valence-corrected chi connectivity index (χ3v) is 4.04. The SMILES string of the molecule is O=C(O)c1ccc(C(=O)OC(=O)c2ccc(C(=O)O)cc2C(=O)O)c(C(=O)O)c1.OCC(O)CO. The molecule has 0 heterocycles. The van der Waals surface area contributed by atoms with E-state index in [1.165, 1.54) is 0 Å². The summed E-state index contributed by atoms with van der Waals surface area (Å²) in [4.78, 5) is 68.8. The standard InChI is InChI=1S/C18H10O11.C3H8O3/c19-13(20)7-1-3-9(11(5-7)15(23)24)17(27)29-18(28)10-4-2-8(14(21)22)6-12(10)16(25)26;4-1-3(6)2-5/h1-6H,(H,19,20)(H,21,22)(H,23,24)(H,25,26);3-6H,1-2H2. The second kappa shape index (κ2) is 12.5. The highest BCUT2D eigenvalue weighted by Gasteiger charge is 2.26. The fourth-order valence-electron chi connectivity index (χ4n) is 2.32. The molecule has 0 amide bonds. The van der Waals surface area contributed by atoms with Crippen LogP contribution >= 0.6 is 0 Å². The third-order valence-electron chi connectivity index (χ3n) is 4.04. The number of rotatable bonds is 8. The summed E-state index contributed by atoms with van der Waals surface area (Å²) in [6.45, 7) is -0.729. The number of aliphatic hydroxyl groups excluding tert-OH is 3. The van der Waals surface area contributed by atoms with Crippen molar-refractivity contribution in [2.75, 3.05) is 13.2 Å². The summed E-state index contributed by atoms with van der Waals surface area (Å²) in [5.41, 5.74) is -3.64. The zero-order valence-electron chi connectivity index (χ0n) is 17.4. The molecule has 0 saturated heterocycles. The lowest BCUT2D eigenvalue weighted by Gasteiger charge is -2.09. The number of hydrogen-bond donors (Lipinski definition) is 7. The van der Waals surface area contributed by atoms with Gasteiger partial charge in [-0.1, -0.05) is 0 Å². The molecule has 0 unspecified atom stereocenters. The fraction of sp³-hybridized carbons (Fsp3) is 0.143. The van der Waals surface area contributed by atoms with E-state index >= 15 is 0 Å². The molecule has 0 aliphatic heterocycles. The average molecular weight is 494 g/mol. The lowest BCUT2D eigenvalue weighted by atomic mass is 10.0. The number of ether oxygens (including phenoxy) is 1. The summed E-state index contributed by atoms with van der Waals surface area (Å²) in [6, 6.07) is 4.87. The van der Waals surface area contributed by atoms with Crippen LogP contribution in [0.25, 0.3) is 0 Å². The van der Waals surface area contributed by atoms with Crippen molar-refractivity contribution in [2.24, 2.45) is 0 Å². The highest BCUT2D eigenvalue weighted by atomic mass is 16.6. The number of aliphatic hydroxyl groups is 3. The van der Waals surface area contributed by atoms with Gasteiger partial charge in [-0.25, -0.2) is 28.8 Å². The molecule has 0 atom stereocenters. The Kier molecular flexibility index (Phi) is 10.2. The highest BCUT2D eigenvalue weighted by molar-refractivity contribution is 6.11. The Morgan fingerprint density at radius 2 is 0.943 bits per heavy atom. The summed E-state index contributed by atoms with van der Waals surface area (Å²) in [6.07, 6.45) is -0.954. The molecule has 14 heteroatoms. The van der Waals surface area contributed by atoms with Gasteiger partial charge in [0.2, 0.25) is 0 Å². The van der Waals surface area contributed by atoms with Gasteiger partial charge in [0, 0.05) is 0 Å². The summed E-state index contributed by atoms with van der Waals surface area (Å²) in [7, 11) is 0. The molecule has 0 spiro atoms. The largest absolute Gasteiger partial charge is 0.478 e. The third kappa shape index (κ3) is 7.71. The average Bonchev–Trinajstić information content (AvgIpc) is 2.82. The second-order valence-electron chi connectivity index (χ2n) is 6.44. The van der Waals surface area contributed by atoms with Crippen molar-refractivity contribution >= 4 is 35.8 Å². The Morgan fingerprint density at radius 3 is 1.17 bits per heavy atom. The molecule has 2 rings (SSSR count). The van der Waals surface area contributed by atoms with E-state index < -0.39 is 75.3 Å². The Labute approximate surface area is 194 Å². The van der Waals surface area contributed by atoms with E-state index in [9.17, 15) is 28.8 Å². The lowest BCUT2D eigenvalue weighted by Crippen LogP contribution is -2.19. The smallest absolute Gasteiger partial charge is 0.346 e. The van der Waals surface area contributed by atoms with Gasteiger partial charge >= 0.3 is 35.8 Å². The molecule has 0 bridgehead atoms. The van der Waals surface area contributed by atoms with E-state index in [0.29, 0.717) is 12.1 Å². The first-order valence-electron chi connectivity index (χ1n) is 9.21. The zero-order chi connectivity index (χ0) is 26.9. The van der Waals surface area contributed by atoms with E-state index in [2.05, 4.69) is 4.74 Å². The van der Waals surface area contributed by atoms with Gasteiger partial charge in [0.25, 0.3) is 0 Å². The van der Waals surface area contributed by atoms with Gasteiger partial charge in [-0.05, 0) is 36.4 Å². The molecule has 186 valence electrons. The van der Waals surface area contributed by atoms with Crippen LogP contribution in [0, 0.1) is 0 Å². The van der Waals surface area contributed by atoms with Crippen molar-refractivity contribution in [3.63, 3.8) is 0 Å². The first-order valence-corrected chi connectivity index (χ1v) is 9.21. The summed E-state index contributed by atoms with van der Waals surface area (Å²) in [5, 5.41) is 60.1. The Hall–Kier alpha value is -4.66. The molecule has 0 aromatic heterocycles. The molecule has 0 aliphatic carbocycles. The molecule has 2 aromatic rings. The monoisotopic (exact) mass is 494 g/mol. The maximum Gasteiger partial charge on any atom is 0.346 e. The predicted octanol–water partition coefficient (Wildman–Crippen LogP) is -0.191. The topological polar surface area (TPSA) is 253 Å². The van der Waals surface area contributed by atoms with Crippen molar-refractivity contribution in [3.05, 3.63) is 69.8 Å². The quantitative estimate of drug-likeness (QED) is 0.185. The Balaban J connectivity index is 0.000000905. The lowest BCUT2D eigenvalue weighted by molar-refractivity contribution is 0.0385. The van der Waals surface area contributed by atoms with Crippen molar-refractivity contribution in [3.8, 4) is 0 Å². The van der Waals surface area contributed by atoms with Gasteiger partial charge < -0.3 is 40.5 Å². The number of carbonyl (C=O) groups is 6. The molecular weight excluding hydrogens is 476 g/mol. The molecule has 35 heavy (non-hydrogen) atoms. The van der Waals surface area contributed by atoms with Crippen LogP contribution in [-0.4, -0.2) is 90.9 Å².